The highest BCUT2D eigenvalue weighted by atomic mass is 16.5. The molecule has 1 atom stereocenters. The Kier molecular flexibility index (Phi) is 6.17. The molecule has 1 aromatic carbocycles. The SMILES string of the molecule is CCCOc1ccc(C(C#N)NC(C)C)cc1OC. The Balaban J connectivity index is 2.94. The van der Waals surface area contributed by atoms with Crippen molar-refractivity contribution in [2.24, 2.45) is 0 Å². The van der Waals surface area contributed by atoms with Gasteiger partial charge in [-0.25, -0.2) is 0 Å². The third-order valence-corrected chi connectivity index (χ3v) is 2.61. The second kappa shape index (κ2) is 7.65. The van der Waals surface area contributed by atoms with Crippen molar-refractivity contribution >= 4 is 0 Å². The first-order chi connectivity index (χ1) is 9.12. The van der Waals surface area contributed by atoms with E-state index in [9.17, 15) is 5.26 Å². The minimum atomic E-state index is -0.339. The van der Waals surface area contributed by atoms with Gasteiger partial charge in [0.1, 0.15) is 6.04 Å². The van der Waals surface area contributed by atoms with E-state index in [-0.39, 0.29) is 12.1 Å². The summed E-state index contributed by atoms with van der Waals surface area (Å²) >= 11 is 0. The van der Waals surface area contributed by atoms with Crippen LogP contribution in [0.5, 0.6) is 11.5 Å². The van der Waals surface area contributed by atoms with Gasteiger partial charge in [-0.05, 0) is 38.0 Å². The second-order valence-corrected chi connectivity index (χ2v) is 4.64. The Labute approximate surface area is 115 Å². The predicted octanol–water partition coefficient (Wildman–Crippen LogP) is 3.05. The van der Waals surface area contributed by atoms with Crippen molar-refractivity contribution in [2.45, 2.75) is 39.3 Å². The summed E-state index contributed by atoms with van der Waals surface area (Å²) in [7, 11) is 1.61. The Morgan fingerprint density at radius 2 is 2.05 bits per heavy atom. The van der Waals surface area contributed by atoms with Gasteiger partial charge in [-0.1, -0.05) is 13.0 Å². The number of methoxy groups -OCH3 is 1. The van der Waals surface area contributed by atoms with Gasteiger partial charge in [0.2, 0.25) is 0 Å². The molecule has 1 N–H and O–H groups in total. The highest BCUT2D eigenvalue weighted by Gasteiger charge is 2.14. The number of benzene rings is 1. The van der Waals surface area contributed by atoms with E-state index in [1.54, 1.807) is 7.11 Å². The van der Waals surface area contributed by atoms with Crippen LogP contribution in [0.4, 0.5) is 0 Å². The van der Waals surface area contributed by atoms with E-state index in [0.717, 1.165) is 12.0 Å². The lowest BCUT2D eigenvalue weighted by Crippen LogP contribution is -2.27. The van der Waals surface area contributed by atoms with Crippen LogP contribution in [-0.2, 0) is 0 Å². The number of nitrogens with one attached hydrogen (secondary N) is 1. The number of hydrogen-bond acceptors (Lipinski definition) is 4. The minimum Gasteiger partial charge on any atom is -0.493 e. The van der Waals surface area contributed by atoms with Crippen molar-refractivity contribution < 1.29 is 9.47 Å². The summed E-state index contributed by atoms with van der Waals surface area (Å²) in [4.78, 5) is 0. The molecule has 0 spiro atoms. The van der Waals surface area contributed by atoms with Crippen molar-refractivity contribution in [1.82, 2.24) is 5.32 Å². The molecule has 19 heavy (non-hydrogen) atoms. The van der Waals surface area contributed by atoms with Gasteiger partial charge in [-0.2, -0.15) is 5.26 Å². The molecule has 0 bridgehead atoms. The Bertz CT molecular complexity index is 438. The molecule has 0 aliphatic rings. The fourth-order valence-corrected chi connectivity index (χ4v) is 1.74. The summed E-state index contributed by atoms with van der Waals surface area (Å²) < 4.78 is 10.9. The van der Waals surface area contributed by atoms with E-state index in [0.29, 0.717) is 18.1 Å². The largest absolute Gasteiger partial charge is 0.493 e. The molecule has 0 radical (unpaired) electrons. The van der Waals surface area contributed by atoms with Crippen molar-refractivity contribution in [1.29, 1.82) is 5.26 Å². The topological polar surface area (TPSA) is 54.3 Å². The zero-order valence-electron chi connectivity index (χ0n) is 12.1. The van der Waals surface area contributed by atoms with Gasteiger partial charge in [-0.3, -0.25) is 5.32 Å². The normalized spacial score (nSPS) is 12.0. The zero-order chi connectivity index (χ0) is 14.3. The van der Waals surface area contributed by atoms with E-state index in [4.69, 9.17) is 9.47 Å². The lowest BCUT2D eigenvalue weighted by Gasteiger charge is -2.17. The minimum absolute atomic E-state index is 0.242. The number of rotatable bonds is 7. The van der Waals surface area contributed by atoms with Crippen LogP contribution in [0.1, 0.15) is 38.8 Å². The van der Waals surface area contributed by atoms with E-state index in [1.807, 2.05) is 32.0 Å². The summed E-state index contributed by atoms with van der Waals surface area (Å²) in [6, 6.07) is 7.77. The van der Waals surface area contributed by atoms with Crippen LogP contribution in [0.25, 0.3) is 0 Å². The van der Waals surface area contributed by atoms with E-state index in [1.165, 1.54) is 0 Å². The molecular formula is C15H22N2O2. The molecule has 0 aliphatic heterocycles. The van der Waals surface area contributed by atoms with Gasteiger partial charge in [-0.15, -0.1) is 0 Å². The quantitative estimate of drug-likeness (QED) is 0.820. The molecule has 104 valence electrons. The maximum atomic E-state index is 9.22. The van der Waals surface area contributed by atoms with Crippen LogP contribution in [0.3, 0.4) is 0 Å². The first-order valence-corrected chi connectivity index (χ1v) is 6.58. The molecule has 0 amide bonds. The van der Waals surface area contributed by atoms with Crippen LogP contribution in [0.15, 0.2) is 18.2 Å². The van der Waals surface area contributed by atoms with Crippen LogP contribution < -0.4 is 14.8 Å². The maximum Gasteiger partial charge on any atom is 0.161 e. The Hall–Kier alpha value is -1.73. The van der Waals surface area contributed by atoms with Gasteiger partial charge in [0.15, 0.2) is 11.5 Å². The lowest BCUT2D eigenvalue weighted by molar-refractivity contribution is 0.294. The molecular weight excluding hydrogens is 240 g/mol. The second-order valence-electron chi connectivity index (χ2n) is 4.64. The molecule has 4 heteroatoms. The number of ether oxygens (including phenoxy) is 2. The molecule has 0 aromatic heterocycles. The predicted molar refractivity (Wildman–Crippen MR) is 75.4 cm³/mol. The van der Waals surface area contributed by atoms with Crippen LogP contribution >= 0.6 is 0 Å². The number of hydrogen-bond donors (Lipinski definition) is 1. The third-order valence-electron chi connectivity index (χ3n) is 2.61. The fourth-order valence-electron chi connectivity index (χ4n) is 1.74. The molecule has 4 nitrogen and oxygen atoms in total. The van der Waals surface area contributed by atoms with Crippen molar-refractivity contribution in [3.63, 3.8) is 0 Å². The zero-order valence-corrected chi connectivity index (χ0v) is 12.1. The average Bonchev–Trinajstić information content (AvgIpc) is 2.42. The van der Waals surface area contributed by atoms with Crippen LogP contribution in [-0.4, -0.2) is 19.8 Å². The first kappa shape index (κ1) is 15.3. The highest BCUT2D eigenvalue weighted by Crippen LogP contribution is 2.30. The standard InChI is InChI=1S/C15H22N2O2/c1-5-8-19-14-7-6-12(9-15(14)18-4)13(10-16)17-11(2)3/h6-7,9,11,13,17H,5,8H2,1-4H3. The summed E-state index contributed by atoms with van der Waals surface area (Å²) in [5.41, 5.74) is 0.886. The lowest BCUT2D eigenvalue weighted by atomic mass is 10.1. The van der Waals surface area contributed by atoms with Gasteiger partial charge >= 0.3 is 0 Å². The molecule has 0 saturated heterocycles. The Morgan fingerprint density at radius 3 is 2.58 bits per heavy atom. The maximum absolute atomic E-state index is 9.22. The molecule has 0 aliphatic carbocycles. The summed E-state index contributed by atoms with van der Waals surface area (Å²) in [5, 5.41) is 12.4. The summed E-state index contributed by atoms with van der Waals surface area (Å²) in [5.74, 6) is 1.38. The molecule has 1 unspecified atom stereocenters. The summed E-state index contributed by atoms with van der Waals surface area (Å²) in [6.45, 7) is 6.74. The van der Waals surface area contributed by atoms with Gasteiger partial charge in [0.25, 0.3) is 0 Å². The van der Waals surface area contributed by atoms with E-state index in [2.05, 4.69) is 18.3 Å². The van der Waals surface area contributed by atoms with Crippen molar-refractivity contribution in [3.8, 4) is 17.6 Å². The first-order valence-electron chi connectivity index (χ1n) is 6.58. The molecule has 0 fully saturated rings. The Morgan fingerprint density at radius 1 is 1.32 bits per heavy atom. The number of nitrogens with zero attached hydrogens (tertiary/aromatic N) is 1. The van der Waals surface area contributed by atoms with E-state index < -0.39 is 0 Å². The van der Waals surface area contributed by atoms with Crippen LogP contribution in [0.2, 0.25) is 0 Å². The highest BCUT2D eigenvalue weighted by molar-refractivity contribution is 5.44. The van der Waals surface area contributed by atoms with Crippen molar-refractivity contribution in [3.05, 3.63) is 23.8 Å². The van der Waals surface area contributed by atoms with Crippen molar-refractivity contribution in [2.75, 3.05) is 13.7 Å². The molecule has 0 saturated carbocycles. The smallest absolute Gasteiger partial charge is 0.161 e. The molecule has 1 aromatic rings. The fraction of sp³-hybridized carbons (Fsp3) is 0.533. The van der Waals surface area contributed by atoms with Gasteiger partial charge < -0.3 is 9.47 Å². The monoisotopic (exact) mass is 262 g/mol. The third kappa shape index (κ3) is 4.46. The van der Waals surface area contributed by atoms with Gasteiger partial charge in [0.05, 0.1) is 19.8 Å². The number of nitriles is 1. The molecule has 0 heterocycles. The summed E-state index contributed by atoms with van der Waals surface area (Å²) in [6.07, 6.45) is 0.945. The average molecular weight is 262 g/mol. The molecule has 1 rings (SSSR count). The van der Waals surface area contributed by atoms with Gasteiger partial charge in [0, 0.05) is 6.04 Å². The van der Waals surface area contributed by atoms with E-state index >= 15 is 0 Å². The van der Waals surface area contributed by atoms with Crippen LogP contribution in [0, 0.1) is 11.3 Å².